The molecule has 0 aromatic heterocycles. The molecular weight excluding hydrogens is 642 g/mol. The van der Waals surface area contributed by atoms with Crippen LogP contribution < -0.4 is 0 Å². The highest BCUT2D eigenvalue weighted by Crippen LogP contribution is 2.64. The number of esters is 1. The number of carbonyl (C=O) groups excluding carboxylic acids is 3. The van der Waals surface area contributed by atoms with Crippen LogP contribution in [-0.2, 0) is 34.6 Å². The minimum atomic E-state index is -3.68. The summed E-state index contributed by atoms with van der Waals surface area (Å²) in [5.74, 6) is -2.22. The molecule has 1 aromatic carbocycles. The van der Waals surface area contributed by atoms with Crippen molar-refractivity contribution in [3.05, 3.63) is 28.5 Å². The van der Waals surface area contributed by atoms with Crippen molar-refractivity contribution in [2.75, 3.05) is 32.4 Å². The minimum absolute atomic E-state index is 0.0266. The number of imide groups is 1. The van der Waals surface area contributed by atoms with Gasteiger partial charge in [-0.15, -0.1) is 0 Å². The second-order valence-corrected chi connectivity index (χ2v) is 17.9. The van der Waals surface area contributed by atoms with Gasteiger partial charge in [-0.05, 0) is 106 Å². The zero-order valence-corrected chi connectivity index (χ0v) is 30.5. The molecule has 0 saturated carbocycles. The van der Waals surface area contributed by atoms with Crippen molar-refractivity contribution < 1.29 is 47.2 Å². The van der Waals surface area contributed by atoms with Crippen molar-refractivity contribution in [1.29, 1.82) is 0 Å². The molecule has 0 aliphatic carbocycles. The van der Waals surface area contributed by atoms with E-state index in [-0.39, 0.29) is 63.2 Å². The summed E-state index contributed by atoms with van der Waals surface area (Å²) in [4.78, 5) is 42.8. The Morgan fingerprint density at radius 2 is 1.52 bits per heavy atom. The number of amides is 2. The molecule has 11 nitrogen and oxygen atoms in total. The average molecular weight is 693 g/mol. The topological polar surface area (TPSA) is 132 Å². The van der Waals surface area contributed by atoms with Gasteiger partial charge in [0.15, 0.2) is 16.7 Å². The van der Waals surface area contributed by atoms with E-state index < -0.39 is 59.1 Å². The predicted octanol–water partition coefficient (Wildman–Crippen LogP) is 7.74. The fraction of sp³-hybridized carbons (Fsp3) is 0.719. The Morgan fingerprint density at radius 1 is 0.978 bits per heavy atom. The third-order valence-electron chi connectivity index (χ3n) is 6.90. The van der Waals surface area contributed by atoms with Gasteiger partial charge >= 0.3 is 18.2 Å². The van der Waals surface area contributed by atoms with Gasteiger partial charge in [-0.2, -0.15) is 0 Å². The van der Waals surface area contributed by atoms with E-state index >= 15 is 0 Å². The molecule has 1 heterocycles. The molecule has 0 radical (unpaired) electrons. The van der Waals surface area contributed by atoms with Crippen LogP contribution in [-0.4, -0.2) is 87.4 Å². The van der Waals surface area contributed by atoms with E-state index in [2.05, 4.69) is 0 Å². The quantitative estimate of drug-likeness (QED) is 0.112. The number of rotatable bonds is 10. The second kappa shape index (κ2) is 15.2. The van der Waals surface area contributed by atoms with Gasteiger partial charge in [-0.1, -0.05) is 11.6 Å². The maximum Gasteiger partial charge on any atom is 0.419 e. The molecule has 0 bridgehead atoms. The lowest BCUT2D eigenvalue weighted by atomic mass is 9.98. The fourth-order valence-electron chi connectivity index (χ4n) is 5.05. The van der Waals surface area contributed by atoms with Crippen molar-refractivity contribution in [3.63, 3.8) is 0 Å². The van der Waals surface area contributed by atoms with Crippen LogP contribution in [0, 0.1) is 5.82 Å². The number of benzene rings is 1. The van der Waals surface area contributed by atoms with Crippen molar-refractivity contribution in [2.24, 2.45) is 0 Å². The first kappa shape index (κ1) is 39.8. The number of hydrogen-bond donors (Lipinski definition) is 1. The van der Waals surface area contributed by atoms with Crippen LogP contribution in [0.4, 0.5) is 14.0 Å². The Morgan fingerprint density at radius 3 is 2.00 bits per heavy atom. The van der Waals surface area contributed by atoms with Gasteiger partial charge in [0.05, 0.1) is 11.6 Å². The molecule has 14 heteroatoms. The summed E-state index contributed by atoms with van der Waals surface area (Å²) in [6.07, 6.45) is -1.16. The van der Waals surface area contributed by atoms with Crippen LogP contribution in [0.15, 0.2) is 12.1 Å². The number of phenolic OH excluding ortho intramolecular Hbond substituents is 1. The van der Waals surface area contributed by atoms with E-state index in [1.165, 1.54) is 6.07 Å². The van der Waals surface area contributed by atoms with Gasteiger partial charge in [0.1, 0.15) is 16.8 Å². The van der Waals surface area contributed by atoms with Crippen molar-refractivity contribution in [2.45, 2.75) is 117 Å². The number of unbranched alkanes of at least 4 members (excludes halogenated alkanes) is 1. The number of halogens is 2. The molecule has 2 unspecified atom stereocenters. The molecule has 1 aromatic rings. The molecule has 46 heavy (non-hydrogen) atoms. The summed E-state index contributed by atoms with van der Waals surface area (Å²) in [7, 11) is -3.68. The number of hydrogen-bond acceptors (Lipinski definition) is 10. The Bertz CT molecular complexity index is 1250. The van der Waals surface area contributed by atoms with E-state index in [1.807, 2.05) is 4.90 Å². The molecule has 2 amide bonds. The van der Waals surface area contributed by atoms with Crippen LogP contribution in [0.25, 0.3) is 0 Å². The average Bonchev–Trinajstić information content (AvgIpc) is 2.85. The number of aromatic hydroxyl groups is 1. The number of nitrogens with zero attached hydrogens (tertiary/aromatic N) is 2. The van der Waals surface area contributed by atoms with Crippen LogP contribution in [0.3, 0.4) is 0 Å². The lowest BCUT2D eigenvalue weighted by Crippen LogP contribution is -2.56. The Hall–Kier alpha value is -2.40. The maximum absolute atomic E-state index is 14.6. The molecule has 262 valence electrons. The first-order valence-corrected chi connectivity index (χ1v) is 17.7. The van der Waals surface area contributed by atoms with Crippen molar-refractivity contribution >= 4 is 37.1 Å². The molecule has 2 rings (SSSR count). The fourth-order valence-corrected chi connectivity index (χ4v) is 8.29. The van der Waals surface area contributed by atoms with E-state index in [4.69, 9.17) is 30.3 Å². The summed E-state index contributed by atoms with van der Waals surface area (Å²) >= 11 is 6.01. The molecule has 2 atom stereocenters. The highest BCUT2D eigenvalue weighted by Gasteiger charge is 2.59. The lowest BCUT2D eigenvalue weighted by molar-refractivity contribution is -0.160. The lowest BCUT2D eigenvalue weighted by Gasteiger charge is -2.46. The Kier molecular flexibility index (Phi) is 13.2. The van der Waals surface area contributed by atoms with Gasteiger partial charge in [-0.3, -0.25) is 14.3 Å². The van der Waals surface area contributed by atoms with E-state index in [0.717, 1.165) is 11.0 Å². The summed E-state index contributed by atoms with van der Waals surface area (Å²) in [6, 6.07) is 2.60. The largest absolute Gasteiger partial charge is 0.504 e. The molecule has 0 spiro atoms. The first-order valence-electron chi connectivity index (χ1n) is 15.5. The highest BCUT2D eigenvalue weighted by molar-refractivity contribution is 7.62. The predicted molar refractivity (Wildman–Crippen MR) is 174 cm³/mol. The summed E-state index contributed by atoms with van der Waals surface area (Å²) in [5, 5.41) is 8.02. The van der Waals surface area contributed by atoms with Crippen molar-refractivity contribution in [3.8, 4) is 5.75 Å². The van der Waals surface area contributed by atoms with Crippen molar-refractivity contribution in [1.82, 2.24) is 9.80 Å². The zero-order chi connectivity index (χ0) is 35.3. The van der Waals surface area contributed by atoms with Gasteiger partial charge in [0, 0.05) is 32.3 Å². The molecule has 1 N–H and O–H groups in total. The standard InChI is InChI=1S/C32H51ClFN2O9P/c1-11-42-46(41)17-16-35(20-22-18-23(33)25(37)24(34)19-22)21-32(46,26(38)43-29(2,3)4)14-12-13-15-36(27(39)44-30(5,6)7)28(40)45-31(8,9)10/h18-19,37H,11-17,20-21H2,1-10H3. The zero-order valence-electron chi connectivity index (χ0n) is 28.8. The summed E-state index contributed by atoms with van der Waals surface area (Å²) in [6.45, 7) is 17.4. The van der Waals surface area contributed by atoms with E-state index in [0.29, 0.717) is 5.56 Å². The minimum Gasteiger partial charge on any atom is -0.504 e. The normalized spacial score (nSPS) is 21.0. The number of carbonyl (C=O) groups is 3. The SMILES string of the molecule is CCOP1(=O)CCN(Cc2cc(F)c(O)c(Cl)c2)CC1(CCCCN(C(=O)OC(C)(C)C)C(=O)OC(C)(C)C)C(=O)OC(C)(C)C. The van der Waals surface area contributed by atoms with Crippen LogP contribution in [0.1, 0.15) is 94.1 Å². The monoisotopic (exact) mass is 692 g/mol. The van der Waals surface area contributed by atoms with E-state index in [1.54, 1.807) is 69.2 Å². The van der Waals surface area contributed by atoms with E-state index in [9.17, 15) is 28.4 Å². The van der Waals surface area contributed by atoms with Crippen LogP contribution in [0.2, 0.25) is 5.02 Å². The van der Waals surface area contributed by atoms with Crippen LogP contribution in [0.5, 0.6) is 5.75 Å². The molecule has 1 aliphatic heterocycles. The molecule has 1 fully saturated rings. The summed E-state index contributed by atoms with van der Waals surface area (Å²) < 4.78 is 51.5. The van der Waals surface area contributed by atoms with Gasteiger partial charge in [-0.25, -0.2) is 18.9 Å². The third kappa shape index (κ3) is 11.1. The second-order valence-electron chi connectivity index (χ2n) is 14.5. The summed E-state index contributed by atoms with van der Waals surface area (Å²) in [5.41, 5.74) is -2.17. The Labute approximate surface area is 277 Å². The number of ether oxygens (including phenoxy) is 3. The number of phenols is 1. The highest BCUT2D eigenvalue weighted by atomic mass is 35.5. The Balaban J connectivity index is 2.42. The van der Waals surface area contributed by atoms with Gasteiger partial charge in [0.2, 0.25) is 7.37 Å². The van der Waals surface area contributed by atoms with Gasteiger partial charge < -0.3 is 23.8 Å². The molecular formula is C32H51ClFN2O9P. The first-order chi connectivity index (χ1) is 20.9. The maximum atomic E-state index is 14.6. The third-order valence-corrected chi connectivity index (χ3v) is 10.5. The molecule has 1 aliphatic rings. The smallest absolute Gasteiger partial charge is 0.419 e. The molecule has 1 saturated heterocycles. The van der Waals surface area contributed by atoms with Gasteiger partial charge in [0.25, 0.3) is 0 Å². The van der Waals surface area contributed by atoms with Crippen LogP contribution >= 0.6 is 19.0 Å².